The van der Waals surface area contributed by atoms with Crippen molar-refractivity contribution in [3.8, 4) is 0 Å². The third-order valence-electron chi connectivity index (χ3n) is 7.39. The van der Waals surface area contributed by atoms with E-state index in [1.807, 2.05) is 68.5 Å². The van der Waals surface area contributed by atoms with Crippen LogP contribution in [0, 0.1) is 31.6 Å². The lowest BCUT2D eigenvalue weighted by molar-refractivity contribution is -0.154. The highest BCUT2D eigenvalue weighted by atomic mass is 32.2. The van der Waals surface area contributed by atoms with Gasteiger partial charge in [-0.2, -0.15) is 0 Å². The quantitative estimate of drug-likeness (QED) is 0.335. The van der Waals surface area contributed by atoms with E-state index in [1.165, 1.54) is 14.2 Å². The van der Waals surface area contributed by atoms with Crippen molar-refractivity contribution in [1.82, 2.24) is 0 Å². The molecule has 2 aromatic carbocycles. The van der Waals surface area contributed by atoms with Gasteiger partial charge in [0, 0.05) is 17.8 Å². The highest BCUT2D eigenvalue weighted by molar-refractivity contribution is 8.07. The molecular weight excluding hydrogens is 492 g/mol. The molecule has 0 amide bonds. The Morgan fingerprint density at radius 1 is 0.757 bits per heavy atom. The van der Waals surface area contributed by atoms with Crippen molar-refractivity contribution < 1.29 is 33.4 Å². The van der Waals surface area contributed by atoms with Crippen molar-refractivity contribution in [2.45, 2.75) is 25.7 Å². The smallest absolute Gasteiger partial charge is 0.345 e. The molecule has 1 saturated heterocycles. The molecule has 0 N–H and O–H groups in total. The van der Waals surface area contributed by atoms with Crippen LogP contribution >= 0.6 is 11.8 Å². The Kier molecular flexibility index (Phi) is 6.54. The van der Waals surface area contributed by atoms with E-state index in [0.717, 1.165) is 38.9 Å². The topological polar surface area (TPSA) is 96.0 Å². The lowest BCUT2D eigenvalue weighted by atomic mass is 9.63. The molecule has 2 aromatic rings. The van der Waals surface area contributed by atoms with Crippen LogP contribution in [-0.2, 0) is 33.4 Å². The largest absolute Gasteiger partial charge is 0.466 e. The number of carbonyl (C=O) groups is 4. The second-order valence-electron chi connectivity index (χ2n) is 9.54. The molecule has 190 valence electrons. The second kappa shape index (κ2) is 9.67. The number of rotatable bonds is 4. The number of carbonyl (C=O) groups excluding carboxylic acids is 4. The van der Waals surface area contributed by atoms with Gasteiger partial charge in [0.05, 0.1) is 31.6 Å². The van der Waals surface area contributed by atoms with Gasteiger partial charge in [-0.3, -0.25) is 9.59 Å². The van der Waals surface area contributed by atoms with Gasteiger partial charge in [0.15, 0.2) is 0 Å². The van der Waals surface area contributed by atoms with E-state index in [0.29, 0.717) is 0 Å². The van der Waals surface area contributed by atoms with Crippen LogP contribution < -0.4 is 0 Å². The van der Waals surface area contributed by atoms with Crippen LogP contribution in [0.25, 0.3) is 0 Å². The average Bonchev–Trinajstić information content (AvgIpc) is 3.20. The van der Waals surface area contributed by atoms with Crippen molar-refractivity contribution >= 4 is 35.6 Å². The second-order valence-corrected chi connectivity index (χ2v) is 10.6. The van der Waals surface area contributed by atoms with Crippen LogP contribution in [0.5, 0.6) is 0 Å². The molecule has 37 heavy (non-hydrogen) atoms. The highest BCUT2D eigenvalue weighted by Gasteiger charge is 2.59. The molecule has 2 aliphatic heterocycles. The van der Waals surface area contributed by atoms with Gasteiger partial charge in [0.1, 0.15) is 4.91 Å². The van der Waals surface area contributed by atoms with Gasteiger partial charge in [0.25, 0.3) is 0 Å². The lowest BCUT2D eigenvalue weighted by Crippen LogP contribution is -2.41. The first-order valence-corrected chi connectivity index (χ1v) is 12.8. The Bertz CT molecular complexity index is 1350. The summed E-state index contributed by atoms with van der Waals surface area (Å²) in [6, 6.07) is 15.3. The molecule has 3 aliphatic rings. The number of cyclic esters (lactones) is 2. The predicted octanol–water partition coefficient (Wildman–Crippen LogP) is 4.35. The fourth-order valence-electron chi connectivity index (χ4n) is 5.62. The Hall–Kier alpha value is -3.65. The summed E-state index contributed by atoms with van der Waals surface area (Å²) in [5.41, 5.74) is 3.79. The molecule has 5 atom stereocenters. The van der Waals surface area contributed by atoms with Crippen LogP contribution in [-0.4, -0.2) is 38.1 Å². The molecule has 0 spiro atoms. The van der Waals surface area contributed by atoms with Crippen molar-refractivity contribution in [3.63, 3.8) is 0 Å². The average molecular weight is 519 g/mol. The lowest BCUT2D eigenvalue weighted by Gasteiger charge is -2.43. The summed E-state index contributed by atoms with van der Waals surface area (Å²) in [5, 5.41) is 0. The minimum absolute atomic E-state index is 0.112. The van der Waals surface area contributed by atoms with E-state index >= 15 is 0 Å². The number of methoxy groups -OCH3 is 2. The molecule has 0 radical (unpaired) electrons. The third-order valence-corrected chi connectivity index (χ3v) is 8.62. The highest BCUT2D eigenvalue weighted by Crippen LogP contribution is 2.60. The minimum Gasteiger partial charge on any atom is -0.466 e. The standard InChI is InChI=1S/C29H26O7S/c1-14-5-9-16(10-6-14)18-13-19-22(23-21(18)27(31)36-28(23)32)20(17-11-7-15(2)8-12-17)24(26(30)34-3)25(37-19)29(33)35-4/h5-13,18,20-23H,1-4H3. The molecule has 1 fully saturated rings. The van der Waals surface area contributed by atoms with Gasteiger partial charge < -0.3 is 14.2 Å². The van der Waals surface area contributed by atoms with Crippen molar-refractivity contribution in [2.75, 3.05) is 14.2 Å². The number of benzene rings is 2. The van der Waals surface area contributed by atoms with E-state index < -0.39 is 53.5 Å². The van der Waals surface area contributed by atoms with Crippen molar-refractivity contribution in [1.29, 1.82) is 0 Å². The summed E-state index contributed by atoms with van der Waals surface area (Å²) in [7, 11) is 2.50. The van der Waals surface area contributed by atoms with Gasteiger partial charge >= 0.3 is 23.9 Å². The monoisotopic (exact) mass is 518 g/mol. The predicted molar refractivity (Wildman–Crippen MR) is 136 cm³/mol. The summed E-state index contributed by atoms with van der Waals surface area (Å²) in [6.45, 7) is 3.92. The normalized spacial score (nSPS) is 26.6. The number of esters is 4. The first-order chi connectivity index (χ1) is 17.7. The SMILES string of the molecule is COC(=O)C1=C(C(=O)OC)C(c2ccc(C)cc2)C2C(=CC(c3ccc(C)cc3)C3C(=O)OC(=O)C32)S1. The molecule has 1 aliphatic carbocycles. The van der Waals surface area contributed by atoms with E-state index in [9.17, 15) is 19.2 Å². The zero-order chi connectivity index (χ0) is 26.4. The number of thioether (sulfide) groups is 1. The van der Waals surface area contributed by atoms with Gasteiger partial charge in [-0.1, -0.05) is 77.5 Å². The van der Waals surface area contributed by atoms with E-state index in [1.54, 1.807) is 0 Å². The number of fused-ring (bicyclic) bond motifs is 3. The van der Waals surface area contributed by atoms with Crippen molar-refractivity contribution in [2.24, 2.45) is 17.8 Å². The van der Waals surface area contributed by atoms with Gasteiger partial charge in [-0.25, -0.2) is 9.59 Å². The minimum atomic E-state index is -0.837. The van der Waals surface area contributed by atoms with Gasteiger partial charge in [0.2, 0.25) is 0 Å². The van der Waals surface area contributed by atoms with Crippen LogP contribution in [0.2, 0.25) is 0 Å². The Balaban J connectivity index is 1.77. The third kappa shape index (κ3) is 4.19. The maximum absolute atomic E-state index is 13.3. The molecule has 8 heteroatoms. The summed E-state index contributed by atoms with van der Waals surface area (Å²) < 4.78 is 15.4. The first kappa shape index (κ1) is 25.0. The number of hydrogen-bond acceptors (Lipinski definition) is 8. The van der Waals surface area contributed by atoms with Crippen LogP contribution in [0.3, 0.4) is 0 Å². The maximum Gasteiger partial charge on any atom is 0.345 e. The molecule has 7 nitrogen and oxygen atoms in total. The molecule has 0 bridgehead atoms. The summed E-state index contributed by atoms with van der Waals surface area (Å²) in [4.78, 5) is 53.3. The van der Waals surface area contributed by atoms with E-state index in [2.05, 4.69) is 0 Å². The molecular formula is C29H26O7S. The molecule has 2 heterocycles. The summed E-state index contributed by atoms with van der Waals surface area (Å²) in [6.07, 6.45) is 1.94. The maximum atomic E-state index is 13.3. The summed E-state index contributed by atoms with van der Waals surface area (Å²) in [5.74, 6) is -5.89. The Morgan fingerprint density at radius 3 is 1.86 bits per heavy atom. The first-order valence-electron chi connectivity index (χ1n) is 11.9. The van der Waals surface area contributed by atoms with Crippen LogP contribution in [0.15, 0.2) is 70.0 Å². The molecule has 0 aromatic heterocycles. The molecule has 0 saturated carbocycles. The zero-order valence-corrected chi connectivity index (χ0v) is 21.7. The number of ether oxygens (including phenoxy) is 3. The van der Waals surface area contributed by atoms with Gasteiger partial charge in [-0.15, -0.1) is 0 Å². The fourth-order valence-corrected chi connectivity index (χ4v) is 6.97. The van der Waals surface area contributed by atoms with Crippen molar-refractivity contribution in [3.05, 3.63) is 92.2 Å². The van der Waals surface area contributed by atoms with Gasteiger partial charge in [-0.05, 0) is 29.9 Å². The fraction of sp³-hybridized carbons (Fsp3) is 0.310. The number of aryl methyl sites for hydroxylation is 2. The Labute approximate surface area is 218 Å². The van der Waals surface area contributed by atoms with E-state index in [4.69, 9.17) is 14.2 Å². The van der Waals surface area contributed by atoms with Crippen LogP contribution in [0.1, 0.15) is 34.1 Å². The number of hydrogen-bond donors (Lipinski definition) is 0. The molecule has 5 rings (SSSR count). The Morgan fingerprint density at radius 2 is 1.30 bits per heavy atom. The van der Waals surface area contributed by atoms with Crippen LogP contribution in [0.4, 0.5) is 0 Å². The van der Waals surface area contributed by atoms with E-state index in [-0.39, 0.29) is 10.5 Å². The number of allylic oxidation sites excluding steroid dienone is 2. The molecule has 5 unspecified atom stereocenters. The zero-order valence-electron chi connectivity index (χ0n) is 20.8. The summed E-state index contributed by atoms with van der Waals surface area (Å²) >= 11 is 1.10.